The summed E-state index contributed by atoms with van der Waals surface area (Å²) in [5.74, 6) is 0.292. The van der Waals surface area contributed by atoms with Crippen molar-refractivity contribution < 1.29 is 9.59 Å². The van der Waals surface area contributed by atoms with E-state index in [1.165, 1.54) is 6.42 Å². The number of carbonyl (C=O) groups is 2. The second-order valence-corrected chi connectivity index (χ2v) is 6.63. The standard InChI is InChI=1S/C19H27N3O2/c1-2-20-10-6-5-9-18(20)19(24)22-13-11-21(12-14-22)17-8-4-3-7-16(17)15-23/h3-4,7-8,15,18H,2,5-6,9-14H2,1H3/t18-/m0/s1. The molecule has 0 saturated carbocycles. The highest BCUT2D eigenvalue weighted by Gasteiger charge is 2.32. The average molecular weight is 329 g/mol. The zero-order chi connectivity index (χ0) is 16.9. The zero-order valence-corrected chi connectivity index (χ0v) is 14.5. The molecule has 2 saturated heterocycles. The molecule has 2 aliphatic rings. The number of piperidine rings is 1. The van der Waals surface area contributed by atoms with Crippen LogP contribution in [-0.4, -0.2) is 67.3 Å². The number of hydrogen-bond donors (Lipinski definition) is 0. The van der Waals surface area contributed by atoms with Gasteiger partial charge < -0.3 is 9.80 Å². The first-order valence-electron chi connectivity index (χ1n) is 9.06. The summed E-state index contributed by atoms with van der Waals surface area (Å²) in [5, 5.41) is 0. The lowest BCUT2D eigenvalue weighted by Gasteiger charge is -2.41. The largest absolute Gasteiger partial charge is 0.367 e. The molecule has 1 aromatic rings. The fraction of sp³-hybridized carbons (Fsp3) is 0.579. The molecule has 0 spiro atoms. The number of hydrogen-bond acceptors (Lipinski definition) is 4. The fourth-order valence-electron chi connectivity index (χ4n) is 3.90. The minimum Gasteiger partial charge on any atom is -0.367 e. The van der Waals surface area contributed by atoms with Crippen molar-refractivity contribution in [1.82, 2.24) is 9.80 Å². The van der Waals surface area contributed by atoms with Gasteiger partial charge in [0.25, 0.3) is 0 Å². The van der Waals surface area contributed by atoms with Crippen LogP contribution < -0.4 is 4.90 Å². The van der Waals surface area contributed by atoms with Gasteiger partial charge in [-0.25, -0.2) is 0 Å². The molecule has 2 aliphatic heterocycles. The molecule has 130 valence electrons. The molecule has 0 aromatic heterocycles. The molecule has 2 fully saturated rings. The molecule has 0 aliphatic carbocycles. The minimum atomic E-state index is 0.0672. The van der Waals surface area contributed by atoms with E-state index in [1.807, 2.05) is 29.2 Å². The molecular formula is C19H27N3O2. The number of anilines is 1. The summed E-state index contributed by atoms with van der Waals surface area (Å²) in [7, 11) is 0. The Hall–Kier alpha value is -1.88. The van der Waals surface area contributed by atoms with Gasteiger partial charge in [-0.3, -0.25) is 14.5 Å². The number of amides is 1. The number of benzene rings is 1. The van der Waals surface area contributed by atoms with Crippen molar-refractivity contribution in [3.8, 4) is 0 Å². The van der Waals surface area contributed by atoms with Crippen LogP contribution in [0.2, 0.25) is 0 Å². The maximum atomic E-state index is 12.9. The van der Waals surface area contributed by atoms with Crippen molar-refractivity contribution in [2.45, 2.75) is 32.2 Å². The maximum absolute atomic E-state index is 12.9. The lowest BCUT2D eigenvalue weighted by atomic mass is 10.0. The van der Waals surface area contributed by atoms with Gasteiger partial charge in [0.2, 0.25) is 5.91 Å². The van der Waals surface area contributed by atoms with Crippen LogP contribution in [0, 0.1) is 0 Å². The van der Waals surface area contributed by atoms with E-state index in [-0.39, 0.29) is 6.04 Å². The monoisotopic (exact) mass is 329 g/mol. The van der Waals surface area contributed by atoms with E-state index >= 15 is 0 Å². The number of likely N-dealkylation sites (tertiary alicyclic amines) is 1. The molecule has 3 rings (SSSR count). The van der Waals surface area contributed by atoms with Crippen LogP contribution >= 0.6 is 0 Å². The number of aldehydes is 1. The first kappa shape index (κ1) is 17.0. The molecule has 0 N–H and O–H groups in total. The van der Waals surface area contributed by atoms with Crippen molar-refractivity contribution in [2.24, 2.45) is 0 Å². The quantitative estimate of drug-likeness (QED) is 0.793. The van der Waals surface area contributed by atoms with Gasteiger partial charge in [0.1, 0.15) is 0 Å². The van der Waals surface area contributed by atoms with E-state index in [9.17, 15) is 9.59 Å². The summed E-state index contributed by atoms with van der Waals surface area (Å²) < 4.78 is 0. The lowest BCUT2D eigenvalue weighted by Crippen LogP contribution is -2.56. The van der Waals surface area contributed by atoms with Crippen molar-refractivity contribution in [2.75, 3.05) is 44.2 Å². The second-order valence-electron chi connectivity index (χ2n) is 6.63. The second kappa shape index (κ2) is 7.79. The Morgan fingerprint density at radius 2 is 1.88 bits per heavy atom. The van der Waals surface area contributed by atoms with Crippen LogP contribution in [0.5, 0.6) is 0 Å². The molecule has 0 unspecified atom stereocenters. The summed E-state index contributed by atoms with van der Waals surface area (Å²) in [6, 6.07) is 7.75. The molecular weight excluding hydrogens is 302 g/mol. The zero-order valence-electron chi connectivity index (χ0n) is 14.5. The molecule has 5 nitrogen and oxygen atoms in total. The molecule has 24 heavy (non-hydrogen) atoms. The van der Waals surface area contributed by atoms with Crippen LogP contribution in [0.15, 0.2) is 24.3 Å². The first-order valence-corrected chi connectivity index (χ1v) is 9.06. The van der Waals surface area contributed by atoms with Crippen molar-refractivity contribution in [3.63, 3.8) is 0 Å². The molecule has 0 bridgehead atoms. The molecule has 1 amide bonds. The minimum absolute atomic E-state index is 0.0672. The van der Waals surface area contributed by atoms with Crippen LogP contribution in [0.25, 0.3) is 0 Å². The van der Waals surface area contributed by atoms with Gasteiger partial charge in [-0.1, -0.05) is 25.5 Å². The highest BCUT2D eigenvalue weighted by atomic mass is 16.2. The summed E-state index contributed by atoms with van der Waals surface area (Å²) in [4.78, 5) is 30.7. The van der Waals surface area contributed by atoms with Gasteiger partial charge in [0.15, 0.2) is 6.29 Å². The Morgan fingerprint density at radius 1 is 1.12 bits per heavy atom. The molecule has 5 heteroatoms. The van der Waals surface area contributed by atoms with Crippen molar-refractivity contribution >= 4 is 17.9 Å². The number of para-hydroxylation sites is 1. The highest BCUT2D eigenvalue weighted by Crippen LogP contribution is 2.23. The predicted octanol–water partition coefficient (Wildman–Crippen LogP) is 2.02. The molecule has 1 atom stereocenters. The Bertz CT molecular complexity index is 582. The summed E-state index contributed by atoms with van der Waals surface area (Å²) >= 11 is 0. The third-order valence-electron chi connectivity index (χ3n) is 5.30. The number of nitrogens with zero attached hydrogens (tertiary/aromatic N) is 3. The van der Waals surface area contributed by atoms with E-state index in [0.29, 0.717) is 5.91 Å². The molecule has 2 heterocycles. The number of piperazine rings is 1. The lowest BCUT2D eigenvalue weighted by molar-refractivity contribution is -0.138. The normalized spacial score (nSPS) is 22.5. The van der Waals surface area contributed by atoms with E-state index < -0.39 is 0 Å². The smallest absolute Gasteiger partial charge is 0.240 e. The Morgan fingerprint density at radius 3 is 2.58 bits per heavy atom. The van der Waals surface area contributed by atoms with Gasteiger partial charge in [-0.2, -0.15) is 0 Å². The van der Waals surface area contributed by atoms with E-state index in [0.717, 1.165) is 69.6 Å². The third-order valence-corrected chi connectivity index (χ3v) is 5.30. The van der Waals surface area contributed by atoms with Crippen LogP contribution in [0.3, 0.4) is 0 Å². The highest BCUT2D eigenvalue weighted by molar-refractivity contribution is 5.85. The van der Waals surface area contributed by atoms with Crippen LogP contribution in [0.4, 0.5) is 5.69 Å². The number of rotatable bonds is 4. The topological polar surface area (TPSA) is 43.9 Å². The Kier molecular flexibility index (Phi) is 5.51. The van der Waals surface area contributed by atoms with Gasteiger partial charge >= 0.3 is 0 Å². The van der Waals surface area contributed by atoms with Gasteiger partial charge in [-0.05, 0) is 38.1 Å². The first-order chi connectivity index (χ1) is 11.7. The Labute approximate surface area is 144 Å². The van der Waals surface area contributed by atoms with E-state index in [1.54, 1.807) is 0 Å². The SMILES string of the molecule is CCN1CCCC[C@H]1C(=O)N1CCN(c2ccccc2C=O)CC1. The van der Waals surface area contributed by atoms with Crippen LogP contribution in [-0.2, 0) is 4.79 Å². The Balaban J connectivity index is 1.62. The van der Waals surface area contributed by atoms with Crippen molar-refractivity contribution in [3.05, 3.63) is 29.8 Å². The summed E-state index contributed by atoms with van der Waals surface area (Å²) in [5.41, 5.74) is 1.70. The van der Waals surface area contributed by atoms with Gasteiger partial charge in [0.05, 0.1) is 6.04 Å². The van der Waals surface area contributed by atoms with Crippen LogP contribution in [0.1, 0.15) is 36.5 Å². The van der Waals surface area contributed by atoms with Gasteiger partial charge in [0, 0.05) is 37.4 Å². The van der Waals surface area contributed by atoms with E-state index in [4.69, 9.17) is 0 Å². The number of likely N-dealkylation sites (N-methyl/N-ethyl adjacent to an activating group) is 1. The van der Waals surface area contributed by atoms with Crippen molar-refractivity contribution in [1.29, 1.82) is 0 Å². The average Bonchev–Trinajstić information content (AvgIpc) is 2.67. The summed E-state index contributed by atoms with van der Waals surface area (Å²) in [6.07, 6.45) is 4.25. The molecule has 1 aromatic carbocycles. The third kappa shape index (κ3) is 3.46. The van der Waals surface area contributed by atoms with Gasteiger partial charge in [-0.15, -0.1) is 0 Å². The molecule has 0 radical (unpaired) electrons. The number of carbonyl (C=O) groups excluding carboxylic acids is 2. The summed E-state index contributed by atoms with van der Waals surface area (Å²) in [6.45, 7) is 7.17. The predicted molar refractivity (Wildman–Crippen MR) is 95.5 cm³/mol. The fourth-order valence-corrected chi connectivity index (χ4v) is 3.90. The van der Waals surface area contributed by atoms with E-state index in [2.05, 4.69) is 16.7 Å². The maximum Gasteiger partial charge on any atom is 0.240 e.